The van der Waals surface area contributed by atoms with Crippen molar-refractivity contribution in [3.8, 4) is 11.4 Å². The Labute approximate surface area is 114 Å². The van der Waals surface area contributed by atoms with Gasteiger partial charge in [-0.25, -0.2) is 4.98 Å². The first-order chi connectivity index (χ1) is 9.83. The Bertz CT molecular complexity index is 711. The minimum atomic E-state index is -0.350. The number of nitrogens with zero attached hydrogens (tertiary/aromatic N) is 3. The van der Waals surface area contributed by atoms with Crippen molar-refractivity contribution in [3.63, 3.8) is 0 Å². The molecule has 3 rings (SSSR count). The standard InChI is InChI=1S/C14H10N4O2/c19-14(17-13-7-9-20-18-13)12-6-3-5-11(16-12)10-4-1-2-8-15-10/h1-9H,(H,17,18,19). The normalized spacial score (nSPS) is 10.2. The third-order valence-corrected chi connectivity index (χ3v) is 2.59. The van der Waals surface area contributed by atoms with Gasteiger partial charge < -0.3 is 9.84 Å². The van der Waals surface area contributed by atoms with Gasteiger partial charge in [-0.2, -0.15) is 0 Å². The predicted octanol–water partition coefficient (Wildman–Crippen LogP) is 2.38. The van der Waals surface area contributed by atoms with Crippen molar-refractivity contribution in [2.45, 2.75) is 0 Å². The number of aromatic nitrogens is 3. The van der Waals surface area contributed by atoms with Crippen LogP contribution >= 0.6 is 0 Å². The van der Waals surface area contributed by atoms with Crippen LogP contribution in [0.1, 0.15) is 10.5 Å². The molecule has 3 aromatic rings. The number of anilines is 1. The molecule has 3 heterocycles. The molecule has 3 aromatic heterocycles. The van der Waals surface area contributed by atoms with E-state index in [-0.39, 0.29) is 11.6 Å². The van der Waals surface area contributed by atoms with Crippen molar-refractivity contribution < 1.29 is 9.32 Å². The number of hydrogen-bond donors (Lipinski definition) is 1. The van der Waals surface area contributed by atoms with Crippen LogP contribution in [0.5, 0.6) is 0 Å². The summed E-state index contributed by atoms with van der Waals surface area (Å²) in [6.07, 6.45) is 3.06. The molecule has 0 aliphatic heterocycles. The predicted molar refractivity (Wildman–Crippen MR) is 71.9 cm³/mol. The Morgan fingerprint density at radius 2 is 1.95 bits per heavy atom. The molecule has 0 aliphatic rings. The van der Waals surface area contributed by atoms with Crippen LogP contribution < -0.4 is 5.32 Å². The van der Waals surface area contributed by atoms with Gasteiger partial charge >= 0.3 is 0 Å². The van der Waals surface area contributed by atoms with Gasteiger partial charge in [-0.3, -0.25) is 9.78 Å². The summed E-state index contributed by atoms with van der Waals surface area (Å²) in [6.45, 7) is 0. The van der Waals surface area contributed by atoms with E-state index in [9.17, 15) is 4.79 Å². The molecule has 0 bridgehead atoms. The summed E-state index contributed by atoms with van der Waals surface area (Å²) < 4.78 is 4.65. The Morgan fingerprint density at radius 1 is 1.05 bits per heavy atom. The molecule has 0 spiro atoms. The molecule has 0 aliphatic carbocycles. The zero-order chi connectivity index (χ0) is 13.8. The lowest BCUT2D eigenvalue weighted by Gasteiger charge is -2.03. The smallest absolute Gasteiger partial charge is 0.275 e. The quantitative estimate of drug-likeness (QED) is 0.787. The fraction of sp³-hybridized carbons (Fsp3) is 0. The average molecular weight is 266 g/mol. The topological polar surface area (TPSA) is 80.9 Å². The maximum Gasteiger partial charge on any atom is 0.275 e. The molecule has 0 aromatic carbocycles. The van der Waals surface area contributed by atoms with E-state index in [1.165, 1.54) is 6.26 Å². The van der Waals surface area contributed by atoms with E-state index in [0.29, 0.717) is 17.2 Å². The van der Waals surface area contributed by atoms with E-state index in [2.05, 4.69) is 25.0 Å². The van der Waals surface area contributed by atoms with Crippen LogP contribution in [0.2, 0.25) is 0 Å². The number of hydrogen-bond acceptors (Lipinski definition) is 5. The molecule has 0 saturated carbocycles. The lowest BCUT2D eigenvalue weighted by Crippen LogP contribution is -2.14. The van der Waals surface area contributed by atoms with E-state index in [1.807, 2.05) is 18.2 Å². The summed E-state index contributed by atoms with van der Waals surface area (Å²) >= 11 is 0. The van der Waals surface area contributed by atoms with Gasteiger partial charge in [0, 0.05) is 12.3 Å². The van der Waals surface area contributed by atoms with Gasteiger partial charge in [-0.15, -0.1) is 0 Å². The first-order valence-corrected chi connectivity index (χ1v) is 5.93. The second-order valence-electron chi connectivity index (χ2n) is 3.96. The summed E-state index contributed by atoms with van der Waals surface area (Å²) in [5, 5.41) is 6.21. The van der Waals surface area contributed by atoms with Gasteiger partial charge in [0.15, 0.2) is 5.82 Å². The van der Waals surface area contributed by atoms with Gasteiger partial charge in [-0.05, 0) is 24.3 Å². The molecule has 6 nitrogen and oxygen atoms in total. The van der Waals surface area contributed by atoms with Crippen LogP contribution in [0, 0.1) is 0 Å². The zero-order valence-electron chi connectivity index (χ0n) is 10.4. The maximum absolute atomic E-state index is 12.0. The van der Waals surface area contributed by atoms with Crippen molar-refractivity contribution in [2.24, 2.45) is 0 Å². The lowest BCUT2D eigenvalue weighted by atomic mass is 10.2. The van der Waals surface area contributed by atoms with Gasteiger partial charge in [0.2, 0.25) is 0 Å². The van der Waals surface area contributed by atoms with Crippen molar-refractivity contribution in [1.29, 1.82) is 0 Å². The number of carbonyl (C=O) groups is 1. The number of nitrogens with one attached hydrogen (secondary N) is 1. The van der Waals surface area contributed by atoms with E-state index >= 15 is 0 Å². The second-order valence-corrected chi connectivity index (χ2v) is 3.96. The minimum Gasteiger partial charge on any atom is -0.363 e. The lowest BCUT2D eigenvalue weighted by molar-refractivity contribution is 0.102. The number of amides is 1. The molecule has 0 atom stereocenters. The minimum absolute atomic E-state index is 0.288. The number of carbonyl (C=O) groups excluding carboxylic acids is 1. The van der Waals surface area contributed by atoms with Crippen LogP contribution in [-0.2, 0) is 0 Å². The Morgan fingerprint density at radius 3 is 2.70 bits per heavy atom. The highest BCUT2D eigenvalue weighted by Crippen LogP contribution is 2.14. The van der Waals surface area contributed by atoms with Gasteiger partial charge in [-0.1, -0.05) is 17.3 Å². The molecule has 98 valence electrons. The van der Waals surface area contributed by atoms with Crippen molar-refractivity contribution in [1.82, 2.24) is 15.1 Å². The molecule has 0 radical (unpaired) electrons. The summed E-state index contributed by atoms with van der Waals surface area (Å²) in [7, 11) is 0. The van der Waals surface area contributed by atoms with Crippen molar-refractivity contribution in [3.05, 3.63) is 60.6 Å². The maximum atomic E-state index is 12.0. The fourth-order valence-corrected chi connectivity index (χ4v) is 1.68. The molecular weight excluding hydrogens is 256 g/mol. The second kappa shape index (κ2) is 5.31. The molecule has 1 N–H and O–H groups in total. The van der Waals surface area contributed by atoms with Crippen molar-refractivity contribution in [2.75, 3.05) is 5.32 Å². The molecule has 0 fully saturated rings. The molecule has 6 heteroatoms. The zero-order valence-corrected chi connectivity index (χ0v) is 10.4. The Kier molecular flexibility index (Phi) is 3.20. The van der Waals surface area contributed by atoms with Crippen LogP contribution in [0.4, 0.5) is 5.82 Å². The summed E-state index contributed by atoms with van der Waals surface area (Å²) in [6, 6.07) is 12.3. The monoisotopic (exact) mass is 266 g/mol. The SMILES string of the molecule is O=C(Nc1ccon1)c1cccc(-c2ccccn2)n1. The van der Waals surface area contributed by atoms with E-state index in [1.54, 1.807) is 30.5 Å². The first kappa shape index (κ1) is 12.0. The third kappa shape index (κ3) is 2.54. The summed E-state index contributed by atoms with van der Waals surface area (Å²) in [5.41, 5.74) is 1.64. The molecule has 0 saturated heterocycles. The molecular formula is C14H10N4O2. The average Bonchev–Trinajstić information content (AvgIpc) is 3.01. The van der Waals surface area contributed by atoms with E-state index < -0.39 is 0 Å². The van der Waals surface area contributed by atoms with Crippen molar-refractivity contribution >= 4 is 11.7 Å². The largest absolute Gasteiger partial charge is 0.363 e. The third-order valence-electron chi connectivity index (χ3n) is 2.59. The number of rotatable bonds is 3. The van der Waals surface area contributed by atoms with Gasteiger partial charge in [0.25, 0.3) is 5.91 Å². The van der Waals surface area contributed by atoms with Gasteiger partial charge in [0.05, 0.1) is 11.4 Å². The summed E-state index contributed by atoms with van der Waals surface area (Å²) in [5.74, 6) is -0.00304. The summed E-state index contributed by atoms with van der Waals surface area (Å²) in [4.78, 5) is 20.5. The fourth-order valence-electron chi connectivity index (χ4n) is 1.68. The molecule has 0 unspecified atom stereocenters. The van der Waals surface area contributed by atoms with Gasteiger partial charge in [0.1, 0.15) is 12.0 Å². The first-order valence-electron chi connectivity index (χ1n) is 5.93. The Hall–Kier alpha value is -3.02. The van der Waals surface area contributed by atoms with E-state index in [4.69, 9.17) is 0 Å². The van der Waals surface area contributed by atoms with E-state index in [0.717, 1.165) is 0 Å². The van der Waals surface area contributed by atoms with Crippen LogP contribution in [0.3, 0.4) is 0 Å². The molecule has 1 amide bonds. The van der Waals surface area contributed by atoms with Crippen LogP contribution in [-0.4, -0.2) is 21.0 Å². The molecule has 20 heavy (non-hydrogen) atoms. The highest BCUT2D eigenvalue weighted by Gasteiger charge is 2.10. The highest BCUT2D eigenvalue weighted by molar-refractivity contribution is 6.02. The Balaban J connectivity index is 1.86. The number of pyridine rings is 2. The highest BCUT2D eigenvalue weighted by atomic mass is 16.5. The van der Waals surface area contributed by atoms with Crippen LogP contribution in [0.25, 0.3) is 11.4 Å². The van der Waals surface area contributed by atoms with Crippen LogP contribution in [0.15, 0.2) is 59.4 Å².